The average molecular weight is 684 g/mol. The summed E-state index contributed by atoms with van der Waals surface area (Å²) in [6.45, 7) is 0. The van der Waals surface area contributed by atoms with Crippen LogP contribution in [0.2, 0.25) is 0 Å². The number of rotatable bonds is 6. The van der Waals surface area contributed by atoms with Gasteiger partial charge in [-0.1, -0.05) is 127 Å². The maximum absolute atomic E-state index is 5.16. The van der Waals surface area contributed by atoms with Crippen LogP contribution in [-0.4, -0.2) is 24.5 Å². The molecule has 10 aromatic rings. The van der Waals surface area contributed by atoms with E-state index in [0.717, 1.165) is 43.2 Å². The van der Waals surface area contributed by atoms with E-state index in [1.165, 1.54) is 32.9 Å². The number of nitrogens with zero attached hydrogens (tertiary/aromatic N) is 5. The second kappa shape index (κ2) is 12.5. The topological polar surface area (TPSA) is 56.5 Å². The maximum atomic E-state index is 5.16. The number of benzene rings is 7. The van der Waals surface area contributed by atoms with Gasteiger partial charge in [-0.3, -0.25) is 0 Å². The monoisotopic (exact) mass is 683 g/mol. The predicted octanol–water partition coefficient (Wildman–Crippen LogP) is 11.9. The molecular weight excluding hydrogens is 655 g/mol. The lowest BCUT2D eigenvalue weighted by molar-refractivity contribution is 1.07. The molecule has 0 bridgehead atoms. The molecule has 0 aliphatic carbocycles. The fraction of sp³-hybridized carbons (Fsp3) is 0. The summed E-state index contributed by atoms with van der Waals surface area (Å²) >= 11 is 1.69. The SMILES string of the molecule is c1ccc(-c2ccc3c(c2)c2ccccc2n3-c2cccc(-c3nc4cc(-c5nc(-c6ccccc6)nc(-c6ccccc6)n5)ccc4s3)c2)cc1. The Morgan fingerprint density at radius 2 is 0.942 bits per heavy atom. The molecule has 7 aromatic carbocycles. The molecule has 52 heavy (non-hydrogen) atoms. The summed E-state index contributed by atoms with van der Waals surface area (Å²) in [5, 5.41) is 3.43. The van der Waals surface area contributed by atoms with Crippen LogP contribution in [0.3, 0.4) is 0 Å². The minimum absolute atomic E-state index is 0.618. The van der Waals surface area contributed by atoms with E-state index in [2.05, 4.69) is 120 Å². The van der Waals surface area contributed by atoms with E-state index < -0.39 is 0 Å². The first-order chi connectivity index (χ1) is 25.7. The molecule has 0 unspecified atom stereocenters. The van der Waals surface area contributed by atoms with Crippen molar-refractivity contribution in [3.05, 3.63) is 176 Å². The second-order valence-corrected chi connectivity index (χ2v) is 13.8. The Balaban J connectivity index is 1.05. The van der Waals surface area contributed by atoms with Gasteiger partial charge in [0.05, 0.1) is 21.3 Å². The Bertz CT molecular complexity index is 2840. The van der Waals surface area contributed by atoms with Crippen LogP contribution in [-0.2, 0) is 0 Å². The molecule has 3 heterocycles. The molecule has 0 N–H and O–H groups in total. The van der Waals surface area contributed by atoms with Gasteiger partial charge in [0.1, 0.15) is 5.01 Å². The summed E-state index contributed by atoms with van der Waals surface area (Å²) < 4.78 is 3.47. The van der Waals surface area contributed by atoms with E-state index in [-0.39, 0.29) is 0 Å². The van der Waals surface area contributed by atoms with E-state index >= 15 is 0 Å². The quantitative estimate of drug-likeness (QED) is 0.175. The fourth-order valence-corrected chi connectivity index (χ4v) is 7.91. The molecule has 0 aliphatic rings. The van der Waals surface area contributed by atoms with Crippen LogP contribution in [0.25, 0.3) is 93.6 Å². The van der Waals surface area contributed by atoms with E-state index in [1.54, 1.807) is 11.3 Å². The normalized spacial score (nSPS) is 11.5. The molecule has 0 atom stereocenters. The van der Waals surface area contributed by atoms with Crippen LogP contribution in [0.1, 0.15) is 0 Å². The molecule has 0 saturated heterocycles. The Labute approximate surface area is 304 Å². The Morgan fingerprint density at radius 1 is 0.365 bits per heavy atom. The zero-order valence-electron chi connectivity index (χ0n) is 27.9. The van der Waals surface area contributed by atoms with Crippen molar-refractivity contribution < 1.29 is 0 Å². The molecule has 0 aliphatic heterocycles. The first kappa shape index (κ1) is 30.1. The van der Waals surface area contributed by atoms with Crippen LogP contribution >= 0.6 is 11.3 Å². The molecule has 0 amide bonds. The number of hydrogen-bond donors (Lipinski definition) is 0. The number of thiazole rings is 1. The van der Waals surface area contributed by atoms with Crippen LogP contribution < -0.4 is 0 Å². The summed E-state index contributed by atoms with van der Waals surface area (Å²) in [5.41, 5.74) is 10.7. The fourth-order valence-electron chi connectivity index (χ4n) is 6.97. The second-order valence-electron chi connectivity index (χ2n) is 12.7. The van der Waals surface area contributed by atoms with Gasteiger partial charge in [-0.2, -0.15) is 0 Å². The van der Waals surface area contributed by atoms with Gasteiger partial charge in [-0.05, 0) is 59.7 Å². The zero-order valence-corrected chi connectivity index (χ0v) is 28.7. The Morgan fingerprint density at radius 3 is 1.65 bits per heavy atom. The number of fused-ring (bicyclic) bond motifs is 4. The molecule has 0 radical (unpaired) electrons. The molecule has 0 spiro atoms. The van der Waals surface area contributed by atoms with Crippen LogP contribution in [0.15, 0.2) is 176 Å². The van der Waals surface area contributed by atoms with Crippen LogP contribution in [0.4, 0.5) is 0 Å². The van der Waals surface area contributed by atoms with Gasteiger partial charge in [0.15, 0.2) is 17.5 Å². The highest BCUT2D eigenvalue weighted by molar-refractivity contribution is 7.21. The zero-order chi connectivity index (χ0) is 34.4. The Kier molecular flexibility index (Phi) is 7.25. The highest BCUT2D eigenvalue weighted by atomic mass is 32.1. The lowest BCUT2D eigenvalue weighted by Gasteiger charge is -2.10. The predicted molar refractivity (Wildman–Crippen MR) is 215 cm³/mol. The van der Waals surface area contributed by atoms with E-state index in [1.807, 2.05) is 60.7 Å². The summed E-state index contributed by atoms with van der Waals surface area (Å²) in [5.74, 6) is 1.90. The Hall–Kier alpha value is -6.76. The van der Waals surface area contributed by atoms with Gasteiger partial charge >= 0.3 is 0 Å². The maximum Gasteiger partial charge on any atom is 0.164 e. The molecular formula is C46H29N5S. The highest BCUT2D eigenvalue weighted by Crippen LogP contribution is 2.38. The van der Waals surface area contributed by atoms with Crippen molar-refractivity contribution in [3.8, 4) is 61.5 Å². The van der Waals surface area contributed by atoms with Crippen LogP contribution in [0, 0.1) is 0 Å². The summed E-state index contributed by atoms with van der Waals surface area (Å²) in [4.78, 5) is 19.9. The van der Waals surface area contributed by atoms with Gasteiger partial charge in [0.25, 0.3) is 0 Å². The van der Waals surface area contributed by atoms with Gasteiger partial charge in [0.2, 0.25) is 0 Å². The first-order valence-electron chi connectivity index (χ1n) is 17.2. The van der Waals surface area contributed by atoms with Crippen molar-refractivity contribution in [2.45, 2.75) is 0 Å². The molecule has 10 rings (SSSR count). The van der Waals surface area contributed by atoms with E-state index in [9.17, 15) is 0 Å². The lowest BCUT2D eigenvalue weighted by Crippen LogP contribution is -2.00. The molecule has 0 fully saturated rings. The lowest BCUT2D eigenvalue weighted by atomic mass is 10.0. The third kappa shape index (κ3) is 5.34. The van der Waals surface area contributed by atoms with Crippen molar-refractivity contribution in [1.82, 2.24) is 24.5 Å². The minimum Gasteiger partial charge on any atom is -0.309 e. The number of para-hydroxylation sites is 1. The van der Waals surface area contributed by atoms with Crippen molar-refractivity contribution in [3.63, 3.8) is 0 Å². The van der Waals surface area contributed by atoms with Crippen molar-refractivity contribution in [2.24, 2.45) is 0 Å². The smallest absolute Gasteiger partial charge is 0.164 e. The molecule has 244 valence electrons. The highest BCUT2D eigenvalue weighted by Gasteiger charge is 2.17. The van der Waals surface area contributed by atoms with Gasteiger partial charge in [-0.15, -0.1) is 11.3 Å². The summed E-state index contributed by atoms with van der Waals surface area (Å²) in [6, 6.07) is 61.1. The van der Waals surface area contributed by atoms with Crippen molar-refractivity contribution in [1.29, 1.82) is 0 Å². The van der Waals surface area contributed by atoms with Gasteiger partial charge in [-0.25, -0.2) is 19.9 Å². The average Bonchev–Trinajstić information content (AvgIpc) is 3.81. The minimum atomic E-state index is 0.618. The van der Waals surface area contributed by atoms with Gasteiger partial charge in [0, 0.05) is 38.7 Å². The largest absolute Gasteiger partial charge is 0.309 e. The molecule has 3 aromatic heterocycles. The molecule has 6 heteroatoms. The number of hydrogen-bond acceptors (Lipinski definition) is 5. The molecule has 5 nitrogen and oxygen atoms in total. The van der Waals surface area contributed by atoms with E-state index in [4.69, 9.17) is 19.9 Å². The number of aromatic nitrogens is 5. The molecule has 0 saturated carbocycles. The third-order valence-corrected chi connectivity index (χ3v) is 10.6. The summed E-state index contributed by atoms with van der Waals surface area (Å²) in [6.07, 6.45) is 0. The third-order valence-electron chi connectivity index (χ3n) is 9.48. The standard InChI is InChI=1S/C46H29N5S/c1-4-13-30(14-5-1)33-23-25-41-38(28-33)37-21-10-11-22-40(37)51(41)36-20-12-19-35(27-36)46-47-39-29-34(24-26-42(39)52-46)45-49-43(31-15-6-2-7-16-31)48-44(50-45)32-17-8-3-9-18-32/h1-29H. The van der Waals surface area contributed by atoms with Crippen LogP contribution in [0.5, 0.6) is 0 Å². The van der Waals surface area contributed by atoms with Crippen molar-refractivity contribution in [2.75, 3.05) is 0 Å². The van der Waals surface area contributed by atoms with Crippen molar-refractivity contribution >= 4 is 43.4 Å². The van der Waals surface area contributed by atoms with Gasteiger partial charge < -0.3 is 4.57 Å². The van der Waals surface area contributed by atoms with E-state index in [0.29, 0.717) is 17.5 Å². The summed E-state index contributed by atoms with van der Waals surface area (Å²) in [7, 11) is 0. The first-order valence-corrected chi connectivity index (χ1v) is 18.0.